The van der Waals surface area contributed by atoms with E-state index in [-0.39, 0.29) is 5.91 Å². The van der Waals surface area contributed by atoms with Gasteiger partial charge in [-0.2, -0.15) is 5.10 Å². The maximum Gasteiger partial charge on any atom is 0.257 e. The van der Waals surface area contributed by atoms with Gasteiger partial charge in [-0.15, -0.1) is 0 Å². The van der Waals surface area contributed by atoms with E-state index in [0.29, 0.717) is 11.5 Å². The standard InChI is InChI=1S/C32H37N9O/c1-38-15-17-39(18-16-38)30-20-24(9-11-33-30)36-32-34-21-26-25(7-3-4-8-28(26)37-32)23-10-14-41-29(19-23)27(22-35-41)31(42)40-12-5-2-6-13-40/h7,9-11,14,19-22H,2-6,8,12-13,15-18H2,1H3,(H,33,34,36,37). The van der Waals surface area contributed by atoms with Gasteiger partial charge < -0.3 is 20.0 Å². The fraction of sp³-hybridized carbons (Fsp3) is 0.406. The quantitative estimate of drug-likeness (QED) is 0.382. The molecule has 4 aromatic heterocycles. The van der Waals surface area contributed by atoms with E-state index in [4.69, 9.17) is 9.97 Å². The van der Waals surface area contributed by atoms with Crippen molar-refractivity contribution in [1.29, 1.82) is 0 Å². The highest BCUT2D eigenvalue weighted by molar-refractivity contribution is 6.01. The van der Waals surface area contributed by atoms with Crippen molar-refractivity contribution in [2.24, 2.45) is 0 Å². The minimum Gasteiger partial charge on any atom is -0.354 e. The number of likely N-dealkylation sites (tertiary alicyclic amines) is 1. The Morgan fingerprint density at radius 3 is 2.64 bits per heavy atom. The number of aryl methyl sites for hydroxylation is 1. The first-order valence-electron chi connectivity index (χ1n) is 15.1. The summed E-state index contributed by atoms with van der Waals surface area (Å²) in [6.45, 7) is 5.64. The van der Waals surface area contributed by atoms with Crippen LogP contribution in [0.5, 0.6) is 0 Å². The molecule has 1 aliphatic carbocycles. The second kappa shape index (κ2) is 11.5. The van der Waals surface area contributed by atoms with Gasteiger partial charge in [-0.05, 0) is 74.9 Å². The average Bonchev–Trinajstić information content (AvgIpc) is 3.34. The second-order valence-electron chi connectivity index (χ2n) is 11.5. The molecule has 0 aromatic carbocycles. The minimum absolute atomic E-state index is 0.0723. The lowest BCUT2D eigenvalue weighted by Crippen LogP contribution is -2.44. The summed E-state index contributed by atoms with van der Waals surface area (Å²) in [6, 6.07) is 8.20. The SMILES string of the molecule is CN1CCN(c2cc(Nc3ncc4c(n3)CCCC=C4c3ccn4ncc(C(=O)N5CCCCC5)c4c3)ccn2)CC1. The fourth-order valence-corrected chi connectivity index (χ4v) is 6.21. The van der Waals surface area contributed by atoms with Crippen LogP contribution in [0.2, 0.25) is 0 Å². The number of likely N-dealkylation sites (N-methyl/N-ethyl adjacent to an activating group) is 1. The van der Waals surface area contributed by atoms with Gasteiger partial charge in [0.15, 0.2) is 0 Å². The van der Waals surface area contributed by atoms with E-state index in [1.807, 2.05) is 29.6 Å². The van der Waals surface area contributed by atoms with Crippen LogP contribution in [-0.2, 0) is 6.42 Å². The number of nitrogens with zero attached hydrogens (tertiary/aromatic N) is 8. The number of piperazine rings is 1. The number of aromatic nitrogens is 5. The number of hydrogen-bond donors (Lipinski definition) is 1. The number of pyridine rings is 2. The Labute approximate surface area is 246 Å². The Balaban J connectivity index is 1.15. The largest absolute Gasteiger partial charge is 0.354 e. The number of piperidine rings is 1. The zero-order chi connectivity index (χ0) is 28.5. The van der Waals surface area contributed by atoms with Crippen molar-refractivity contribution in [3.63, 3.8) is 0 Å². The third-order valence-corrected chi connectivity index (χ3v) is 8.66. The van der Waals surface area contributed by atoms with Crippen molar-refractivity contribution >= 4 is 34.5 Å². The molecule has 0 unspecified atom stereocenters. The highest BCUT2D eigenvalue weighted by Crippen LogP contribution is 2.32. The Morgan fingerprint density at radius 2 is 1.79 bits per heavy atom. The van der Waals surface area contributed by atoms with E-state index < -0.39 is 0 Å². The van der Waals surface area contributed by atoms with Crippen LogP contribution in [-0.4, -0.2) is 86.6 Å². The zero-order valence-corrected chi connectivity index (χ0v) is 24.2. The normalized spacial score (nSPS) is 18.0. The summed E-state index contributed by atoms with van der Waals surface area (Å²) < 4.78 is 1.80. The lowest BCUT2D eigenvalue weighted by molar-refractivity contribution is 0.0726. The van der Waals surface area contributed by atoms with Crippen LogP contribution in [0.4, 0.5) is 17.5 Å². The number of rotatable bonds is 5. The molecule has 0 radical (unpaired) electrons. The van der Waals surface area contributed by atoms with Crippen molar-refractivity contribution < 1.29 is 4.79 Å². The molecule has 4 aromatic rings. The van der Waals surface area contributed by atoms with E-state index in [1.165, 1.54) is 6.42 Å². The van der Waals surface area contributed by atoms with Crippen LogP contribution in [0.25, 0.3) is 11.1 Å². The molecular weight excluding hydrogens is 526 g/mol. The third kappa shape index (κ3) is 5.34. The van der Waals surface area contributed by atoms with Crippen LogP contribution in [0, 0.1) is 0 Å². The smallest absolute Gasteiger partial charge is 0.257 e. The summed E-state index contributed by atoms with van der Waals surface area (Å²) in [6.07, 6.45) is 15.9. The molecule has 1 N–H and O–H groups in total. The molecule has 0 saturated carbocycles. The number of fused-ring (bicyclic) bond motifs is 2. The third-order valence-electron chi connectivity index (χ3n) is 8.66. The summed E-state index contributed by atoms with van der Waals surface area (Å²) in [5.41, 5.74) is 6.66. The molecule has 2 aliphatic heterocycles. The highest BCUT2D eigenvalue weighted by atomic mass is 16.2. The molecule has 10 nitrogen and oxygen atoms in total. The van der Waals surface area contributed by atoms with Gasteiger partial charge in [0, 0.05) is 75.2 Å². The number of anilines is 3. The van der Waals surface area contributed by atoms with Crippen molar-refractivity contribution in [2.45, 2.75) is 38.5 Å². The number of carbonyl (C=O) groups is 1. The van der Waals surface area contributed by atoms with Crippen molar-refractivity contribution in [3.8, 4) is 0 Å². The first kappa shape index (κ1) is 26.6. The molecule has 2 saturated heterocycles. The summed E-state index contributed by atoms with van der Waals surface area (Å²) in [4.78, 5) is 34.3. The maximum absolute atomic E-state index is 13.3. The van der Waals surface area contributed by atoms with Gasteiger partial charge in [-0.25, -0.2) is 19.5 Å². The highest BCUT2D eigenvalue weighted by Gasteiger charge is 2.23. The Bertz CT molecular complexity index is 1630. The number of allylic oxidation sites excluding steroid dienone is 1. The first-order chi connectivity index (χ1) is 20.6. The van der Waals surface area contributed by atoms with Gasteiger partial charge in [-0.1, -0.05) is 6.08 Å². The van der Waals surface area contributed by atoms with Gasteiger partial charge in [-0.3, -0.25) is 4.79 Å². The number of amides is 1. The molecule has 2 fully saturated rings. The molecular formula is C32H37N9O. The summed E-state index contributed by atoms with van der Waals surface area (Å²) in [5, 5.41) is 7.90. The monoisotopic (exact) mass is 563 g/mol. The second-order valence-corrected chi connectivity index (χ2v) is 11.5. The van der Waals surface area contributed by atoms with E-state index in [2.05, 4.69) is 56.5 Å². The average molecular weight is 564 g/mol. The topological polar surface area (TPSA) is 94.8 Å². The van der Waals surface area contributed by atoms with Crippen LogP contribution in [0.1, 0.15) is 59.3 Å². The van der Waals surface area contributed by atoms with Crippen LogP contribution in [0.15, 0.2) is 55.1 Å². The van der Waals surface area contributed by atoms with E-state index >= 15 is 0 Å². The molecule has 216 valence electrons. The predicted molar refractivity (Wildman–Crippen MR) is 164 cm³/mol. The first-order valence-corrected chi connectivity index (χ1v) is 15.1. The molecule has 0 bridgehead atoms. The summed E-state index contributed by atoms with van der Waals surface area (Å²) >= 11 is 0. The van der Waals surface area contributed by atoms with Crippen LogP contribution in [0.3, 0.4) is 0 Å². The van der Waals surface area contributed by atoms with Crippen LogP contribution >= 0.6 is 0 Å². The molecule has 0 atom stereocenters. The molecule has 10 heteroatoms. The van der Waals surface area contributed by atoms with Gasteiger partial charge in [0.05, 0.1) is 23.0 Å². The van der Waals surface area contributed by atoms with Gasteiger partial charge in [0.2, 0.25) is 5.95 Å². The molecule has 42 heavy (non-hydrogen) atoms. The lowest BCUT2D eigenvalue weighted by Gasteiger charge is -2.33. The van der Waals surface area contributed by atoms with Gasteiger partial charge in [0.1, 0.15) is 5.82 Å². The van der Waals surface area contributed by atoms with E-state index in [0.717, 1.165) is 111 Å². The molecule has 3 aliphatic rings. The Kier molecular flexibility index (Phi) is 7.29. The molecule has 0 spiro atoms. The molecule has 6 heterocycles. The predicted octanol–water partition coefficient (Wildman–Crippen LogP) is 4.41. The van der Waals surface area contributed by atoms with Crippen molar-refractivity contribution in [1.82, 2.24) is 34.4 Å². The van der Waals surface area contributed by atoms with Gasteiger partial charge >= 0.3 is 0 Å². The molecule has 7 rings (SSSR count). The lowest BCUT2D eigenvalue weighted by atomic mass is 9.98. The summed E-state index contributed by atoms with van der Waals surface area (Å²) in [7, 11) is 2.16. The van der Waals surface area contributed by atoms with Crippen molar-refractivity contribution in [3.05, 3.63) is 77.5 Å². The molecule has 1 amide bonds. The maximum atomic E-state index is 13.3. The van der Waals surface area contributed by atoms with Crippen molar-refractivity contribution in [2.75, 3.05) is 56.5 Å². The van der Waals surface area contributed by atoms with E-state index in [1.54, 1.807) is 10.7 Å². The minimum atomic E-state index is 0.0723. The number of nitrogens with one attached hydrogen (secondary N) is 1. The number of hydrogen-bond acceptors (Lipinski definition) is 8. The Hall–Kier alpha value is -4.31. The van der Waals surface area contributed by atoms with E-state index in [9.17, 15) is 4.79 Å². The van der Waals surface area contributed by atoms with Crippen LogP contribution < -0.4 is 10.2 Å². The van der Waals surface area contributed by atoms with Gasteiger partial charge in [0.25, 0.3) is 5.91 Å². The number of carbonyl (C=O) groups excluding carboxylic acids is 1. The zero-order valence-electron chi connectivity index (χ0n) is 24.2. The Morgan fingerprint density at radius 1 is 0.929 bits per heavy atom. The fourth-order valence-electron chi connectivity index (χ4n) is 6.21. The summed E-state index contributed by atoms with van der Waals surface area (Å²) in [5.74, 6) is 1.63.